The number of ketones is 1. The molecule has 0 bridgehead atoms. The number of methoxy groups -OCH3 is 1. The Morgan fingerprint density at radius 3 is 2.88 bits per heavy atom. The van der Waals surface area contributed by atoms with E-state index in [2.05, 4.69) is 5.32 Å². The number of rotatable bonds is 4. The molecule has 1 aromatic rings. The first-order valence-corrected chi connectivity index (χ1v) is 6.02. The number of hydrogen-bond donors (Lipinski definition) is 1. The summed E-state index contributed by atoms with van der Waals surface area (Å²) >= 11 is 0. The lowest BCUT2D eigenvalue weighted by Crippen LogP contribution is -2.31. The van der Waals surface area contributed by atoms with Gasteiger partial charge >= 0.3 is 0 Å². The third-order valence-corrected chi connectivity index (χ3v) is 3.59. The molecule has 1 saturated heterocycles. The summed E-state index contributed by atoms with van der Waals surface area (Å²) in [5.74, 6) is 1.10. The minimum Gasteiger partial charge on any atom is -0.496 e. The summed E-state index contributed by atoms with van der Waals surface area (Å²) in [6.07, 6.45) is 1.39. The van der Waals surface area contributed by atoms with Gasteiger partial charge in [0.2, 0.25) is 0 Å². The lowest BCUT2D eigenvalue weighted by Gasteiger charge is -2.21. The Balaban J connectivity index is 2.12. The van der Waals surface area contributed by atoms with Crippen LogP contribution in [-0.4, -0.2) is 26.0 Å². The van der Waals surface area contributed by atoms with Gasteiger partial charge in [0.25, 0.3) is 0 Å². The van der Waals surface area contributed by atoms with Gasteiger partial charge in [0, 0.05) is 23.9 Å². The molecule has 17 heavy (non-hydrogen) atoms. The number of carbonyl (C=O) groups is 1. The van der Waals surface area contributed by atoms with Gasteiger partial charge in [-0.2, -0.15) is 0 Å². The summed E-state index contributed by atoms with van der Waals surface area (Å²) in [7, 11) is 1.64. The maximum absolute atomic E-state index is 12.3. The van der Waals surface area contributed by atoms with Crippen LogP contribution >= 0.6 is 0 Å². The molecule has 0 spiro atoms. The van der Waals surface area contributed by atoms with Gasteiger partial charge in [-0.1, -0.05) is 25.1 Å². The van der Waals surface area contributed by atoms with E-state index in [-0.39, 0.29) is 5.41 Å². The number of Topliss-reactive ketones (excluding diaryl/α,β-unsaturated/α-hetero) is 1. The summed E-state index contributed by atoms with van der Waals surface area (Å²) in [5, 5.41) is 3.26. The monoisotopic (exact) mass is 233 g/mol. The Kier molecular flexibility index (Phi) is 3.48. The number of para-hydroxylation sites is 1. The zero-order valence-electron chi connectivity index (χ0n) is 10.5. The molecule has 1 heterocycles. The Labute approximate surface area is 102 Å². The van der Waals surface area contributed by atoms with Crippen LogP contribution in [0.4, 0.5) is 0 Å². The molecule has 0 saturated carbocycles. The first kappa shape index (κ1) is 12.1. The molecular weight excluding hydrogens is 214 g/mol. The molecule has 0 aromatic heterocycles. The van der Waals surface area contributed by atoms with E-state index in [4.69, 9.17) is 4.74 Å². The highest BCUT2D eigenvalue weighted by Crippen LogP contribution is 2.29. The number of hydrogen-bond acceptors (Lipinski definition) is 3. The van der Waals surface area contributed by atoms with E-state index in [1.165, 1.54) is 0 Å². The minimum absolute atomic E-state index is 0.207. The van der Waals surface area contributed by atoms with Crippen molar-refractivity contribution in [3.63, 3.8) is 0 Å². The fraction of sp³-hybridized carbons (Fsp3) is 0.500. The predicted molar refractivity (Wildman–Crippen MR) is 67.3 cm³/mol. The fourth-order valence-corrected chi connectivity index (χ4v) is 2.29. The number of ether oxygens (including phenoxy) is 1. The molecule has 1 aliphatic heterocycles. The van der Waals surface area contributed by atoms with E-state index in [0.717, 1.165) is 30.8 Å². The second-order valence-electron chi connectivity index (χ2n) is 4.90. The van der Waals surface area contributed by atoms with Gasteiger partial charge in [0.05, 0.1) is 7.11 Å². The van der Waals surface area contributed by atoms with Crippen LogP contribution in [0.15, 0.2) is 24.3 Å². The van der Waals surface area contributed by atoms with E-state index in [9.17, 15) is 4.79 Å². The quantitative estimate of drug-likeness (QED) is 0.862. The van der Waals surface area contributed by atoms with Gasteiger partial charge in [-0.05, 0) is 19.0 Å². The molecule has 0 aliphatic carbocycles. The van der Waals surface area contributed by atoms with Gasteiger partial charge in [-0.15, -0.1) is 0 Å². The van der Waals surface area contributed by atoms with Crippen LogP contribution < -0.4 is 10.1 Å². The van der Waals surface area contributed by atoms with Crippen molar-refractivity contribution >= 4 is 5.78 Å². The van der Waals surface area contributed by atoms with Gasteiger partial charge < -0.3 is 10.1 Å². The molecular formula is C14H19NO2. The van der Waals surface area contributed by atoms with Crippen molar-refractivity contribution < 1.29 is 9.53 Å². The first-order valence-electron chi connectivity index (χ1n) is 6.02. The van der Waals surface area contributed by atoms with E-state index in [1.54, 1.807) is 7.11 Å². The predicted octanol–water partition coefficient (Wildman–Crippen LogP) is 1.81. The second-order valence-corrected chi connectivity index (χ2v) is 4.90. The van der Waals surface area contributed by atoms with Crippen molar-refractivity contribution in [2.45, 2.75) is 19.8 Å². The molecule has 2 rings (SSSR count). The molecule has 1 aromatic carbocycles. The summed E-state index contributed by atoms with van der Waals surface area (Å²) in [5.41, 5.74) is 0.772. The molecule has 0 amide bonds. The largest absolute Gasteiger partial charge is 0.496 e. The molecule has 3 heteroatoms. The average molecular weight is 233 g/mol. The van der Waals surface area contributed by atoms with E-state index in [1.807, 2.05) is 31.2 Å². The molecule has 0 radical (unpaired) electrons. The second kappa shape index (κ2) is 4.88. The van der Waals surface area contributed by atoms with Crippen molar-refractivity contribution in [1.29, 1.82) is 0 Å². The lowest BCUT2D eigenvalue weighted by molar-refractivity contribution is -0.126. The van der Waals surface area contributed by atoms with E-state index in [0.29, 0.717) is 12.2 Å². The van der Waals surface area contributed by atoms with E-state index >= 15 is 0 Å². The molecule has 1 atom stereocenters. The zero-order valence-corrected chi connectivity index (χ0v) is 10.5. The summed E-state index contributed by atoms with van der Waals surface area (Å²) in [4.78, 5) is 12.3. The van der Waals surface area contributed by atoms with Crippen molar-refractivity contribution in [3.8, 4) is 5.75 Å². The molecule has 1 unspecified atom stereocenters. The average Bonchev–Trinajstić information content (AvgIpc) is 2.78. The van der Waals surface area contributed by atoms with Gasteiger partial charge in [-0.25, -0.2) is 0 Å². The lowest BCUT2D eigenvalue weighted by atomic mass is 9.82. The Morgan fingerprint density at radius 1 is 1.47 bits per heavy atom. The Morgan fingerprint density at radius 2 is 2.24 bits per heavy atom. The SMILES string of the molecule is COc1ccccc1CC(=O)C1(C)CCNC1. The van der Waals surface area contributed by atoms with Crippen LogP contribution in [0, 0.1) is 5.41 Å². The number of benzene rings is 1. The van der Waals surface area contributed by atoms with E-state index < -0.39 is 0 Å². The molecule has 92 valence electrons. The standard InChI is InChI=1S/C14H19NO2/c1-14(7-8-15-10-14)13(16)9-11-5-3-4-6-12(11)17-2/h3-6,15H,7-10H2,1-2H3. The maximum Gasteiger partial charge on any atom is 0.144 e. The van der Waals surface area contributed by atoms with Crippen LogP contribution in [0.5, 0.6) is 5.75 Å². The van der Waals surface area contributed by atoms with Gasteiger partial charge in [0.15, 0.2) is 0 Å². The zero-order chi connectivity index (χ0) is 12.3. The highest BCUT2D eigenvalue weighted by atomic mass is 16.5. The first-order chi connectivity index (χ1) is 8.15. The van der Waals surface area contributed by atoms with Gasteiger partial charge in [-0.3, -0.25) is 4.79 Å². The highest BCUT2D eigenvalue weighted by Gasteiger charge is 2.35. The van der Waals surface area contributed by atoms with Crippen LogP contribution in [0.25, 0.3) is 0 Å². The molecule has 1 aliphatic rings. The van der Waals surface area contributed by atoms with Crippen molar-refractivity contribution in [1.82, 2.24) is 5.32 Å². The topological polar surface area (TPSA) is 38.3 Å². The van der Waals surface area contributed by atoms with Crippen molar-refractivity contribution in [3.05, 3.63) is 29.8 Å². The van der Waals surface area contributed by atoms with Crippen molar-refractivity contribution in [2.75, 3.05) is 20.2 Å². The fourth-order valence-electron chi connectivity index (χ4n) is 2.29. The number of carbonyl (C=O) groups excluding carboxylic acids is 1. The smallest absolute Gasteiger partial charge is 0.144 e. The summed E-state index contributed by atoms with van der Waals surface area (Å²) in [6, 6.07) is 7.73. The van der Waals surface area contributed by atoms with Crippen LogP contribution in [0.3, 0.4) is 0 Å². The van der Waals surface area contributed by atoms with Crippen LogP contribution in [-0.2, 0) is 11.2 Å². The third-order valence-electron chi connectivity index (χ3n) is 3.59. The van der Waals surface area contributed by atoms with Crippen molar-refractivity contribution in [2.24, 2.45) is 5.41 Å². The Bertz CT molecular complexity index is 408. The molecule has 3 nitrogen and oxygen atoms in total. The van der Waals surface area contributed by atoms with Crippen LogP contribution in [0.1, 0.15) is 18.9 Å². The Hall–Kier alpha value is -1.35. The maximum atomic E-state index is 12.3. The minimum atomic E-state index is -0.207. The number of nitrogens with one attached hydrogen (secondary N) is 1. The third kappa shape index (κ3) is 2.50. The molecule has 1 fully saturated rings. The van der Waals surface area contributed by atoms with Crippen LogP contribution in [0.2, 0.25) is 0 Å². The van der Waals surface area contributed by atoms with Gasteiger partial charge in [0.1, 0.15) is 11.5 Å². The highest BCUT2D eigenvalue weighted by molar-refractivity contribution is 5.87. The summed E-state index contributed by atoms with van der Waals surface area (Å²) < 4.78 is 5.27. The molecule has 1 N–H and O–H groups in total. The summed E-state index contributed by atoms with van der Waals surface area (Å²) in [6.45, 7) is 3.78. The normalized spacial score (nSPS) is 23.6.